The molecule has 0 saturated heterocycles. The van der Waals surface area contributed by atoms with Gasteiger partial charge in [0.15, 0.2) is 0 Å². The highest BCUT2D eigenvalue weighted by molar-refractivity contribution is 9.11. The van der Waals surface area contributed by atoms with Gasteiger partial charge < -0.3 is 5.32 Å². The first kappa shape index (κ1) is 6.83. The van der Waals surface area contributed by atoms with Crippen LogP contribution in [0.15, 0.2) is 9.17 Å². The molecule has 0 aliphatic carbocycles. The van der Waals surface area contributed by atoms with E-state index in [-0.39, 0.29) is 0 Å². The van der Waals surface area contributed by atoms with Gasteiger partial charge in [-0.15, -0.1) is 11.3 Å². The van der Waals surface area contributed by atoms with Crippen LogP contribution in [0.3, 0.4) is 0 Å². The Labute approximate surface area is 72.6 Å². The van der Waals surface area contributed by atoms with Crippen LogP contribution in [0.25, 0.3) is 0 Å². The van der Waals surface area contributed by atoms with Gasteiger partial charge in [-0.25, -0.2) is 0 Å². The summed E-state index contributed by atoms with van der Waals surface area (Å²) in [5, 5.41) is 5.57. The molecule has 3 heteroatoms. The Balaban J connectivity index is 2.45. The van der Waals surface area contributed by atoms with Crippen LogP contribution in [-0.2, 0) is 13.0 Å². The Bertz CT molecular complexity index is 244. The monoisotopic (exact) mass is 217 g/mol. The Morgan fingerprint density at radius 3 is 3.30 bits per heavy atom. The fourth-order valence-electron chi connectivity index (χ4n) is 1.23. The lowest BCUT2D eigenvalue weighted by Crippen LogP contribution is -2.22. The van der Waals surface area contributed by atoms with E-state index in [1.807, 2.05) is 0 Å². The fourth-order valence-corrected chi connectivity index (χ4v) is 2.81. The van der Waals surface area contributed by atoms with Crippen LogP contribution in [0, 0.1) is 0 Å². The second-order valence-corrected chi connectivity index (χ2v) is 4.64. The number of hydrogen-bond acceptors (Lipinski definition) is 2. The summed E-state index contributed by atoms with van der Waals surface area (Å²) in [5.74, 6) is 0. The average Bonchev–Trinajstić information content (AvgIpc) is 2.34. The zero-order valence-electron chi connectivity index (χ0n) is 5.48. The van der Waals surface area contributed by atoms with Crippen molar-refractivity contribution in [2.45, 2.75) is 13.0 Å². The molecule has 1 N–H and O–H groups in total. The lowest BCUT2D eigenvalue weighted by Gasteiger charge is -2.12. The molecule has 1 aliphatic rings. The van der Waals surface area contributed by atoms with Gasteiger partial charge in [0, 0.05) is 6.54 Å². The molecular weight excluding hydrogens is 210 g/mol. The van der Waals surface area contributed by atoms with Crippen LogP contribution in [-0.4, -0.2) is 6.54 Å². The molecule has 0 spiro atoms. The highest BCUT2D eigenvalue weighted by Gasteiger charge is 2.12. The quantitative estimate of drug-likeness (QED) is 0.703. The molecule has 2 rings (SSSR count). The third-order valence-electron chi connectivity index (χ3n) is 1.80. The molecular formula is C7H8BrNS. The van der Waals surface area contributed by atoms with Gasteiger partial charge >= 0.3 is 0 Å². The van der Waals surface area contributed by atoms with E-state index < -0.39 is 0 Å². The summed E-state index contributed by atoms with van der Waals surface area (Å²) in [6, 6.07) is 0. The summed E-state index contributed by atoms with van der Waals surface area (Å²) in [5.41, 5.74) is 2.99. The molecule has 0 radical (unpaired) electrons. The molecule has 0 aromatic carbocycles. The number of hydrogen-bond donors (Lipinski definition) is 1. The number of rotatable bonds is 0. The van der Waals surface area contributed by atoms with Crippen molar-refractivity contribution in [3.8, 4) is 0 Å². The van der Waals surface area contributed by atoms with Crippen molar-refractivity contribution in [2.24, 2.45) is 0 Å². The van der Waals surface area contributed by atoms with Crippen molar-refractivity contribution in [1.29, 1.82) is 0 Å². The SMILES string of the molecule is Brc1scc2c1CCNC2. The predicted octanol–water partition coefficient (Wildman–Crippen LogP) is 2.16. The minimum absolute atomic E-state index is 1.05. The second kappa shape index (κ2) is 2.64. The summed E-state index contributed by atoms with van der Waals surface area (Å²) >= 11 is 5.34. The van der Waals surface area contributed by atoms with E-state index in [0.29, 0.717) is 0 Å². The van der Waals surface area contributed by atoms with Gasteiger partial charge in [0.05, 0.1) is 3.79 Å². The van der Waals surface area contributed by atoms with Crippen LogP contribution >= 0.6 is 27.3 Å². The lowest BCUT2D eigenvalue weighted by atomic mass is 10.1. The number of halogens is 1. The van der Waals surface area contributed by atoms with Crippen LogP contribution < -0.4 is 5.32 Å². The number of nitrogens with one attached hydrogen (secondary N) is 1. The molecule has 10 heavy (non-hydrogen) atoms. The average molecular weight is 218 g/mol. The molecule has 0 bridgehead atoms. The van der Waals surface area contributed by atoms with Gasteiger partial charge in [0.25, 0.3) is 0 Å². The van der Waals surface area contributed by atoms with E-state index in [2.05, 4.69) is 26.6 Å². The van der Waals surface area contributed by atoms with Gasteiger partial charge in [-0.3, -0.25) is 0 Å². The van der Waals surface area contributed by atoms with E-state index in [4.69, 9.17) is 0 Å². The van der Waals surface area contributed by atoms with Crippen molar-refractivity contribution in [1.82, 2.24) is 5.32 Å². The maximum Gasteiger partial charge on any atom is 0.0734 e. The van der Waals surface area contributed by atoms with E-state index in [1.54, 1.807) is 11.3 Å². The van der Waals surface area contributed by atoms with Crippen molar-refractivity contribution in [2.75, 3.05) is 6.54 Å². The maximum atomic E-state index is 3.54. The second-order valence-electron chi connectivity index (χ2n) is 2.44. The number of thiophene rings is 1. The molecule has 54 valence electrons. The van der Waals surface area contributed by atoms with E-state index in [9.17, 15) is 0 Å². The molecule has 0 fully saturated rings. The Morgan fingerprint density at radius 1 is 1.60 bits per heavy atom. The molecule has 2 heterocycles. The number of fused-ring (bicyclic) bond motifs is 1. The summed E-state index contributed by atoms with van der Waals surface area (Å²) in [7, 11) is 0. The van der Waals surface area contributed by atoms with E-state index in [0.717, 1.165) is 13.1 Å². The van der Waals surface area contributed by atoms with Gasteiger partial charge in [-0.1, -0.05) is 0 Å². The van der Waals surface area contributed by atoms with Gasteiger partial charge in [-0.2, -0.15) is 0 Å². The van der Waals surface area contributed by atoms with Crippen LogP contribution in [0.2, 0.25) is 0 Å². The van der Waals surface area contributed by atoms with Crippen molar-refractivity contribution in [3.63, 3.8) is 0 Å². The Morgan fingerprint density at radius 2 is 2.50 bits per heavy atom. The zero-order chi connectivity index (χ0) is 6.97. The first-order valence-corrected chi connectivity index (χ1v) is 5.00. The summed E-state index contributed by atoms with van der Waals surface area (Å²) < 4.78 is 1.32. The summed E-state index contributed by atoms with van der Waals surface area (Å²) in [6.07, 6.45) is 1.18. The largest absolute Gasteiger partial charge is 0.312 e. The van der Waals surface area contributed by atoms with Crippen LogP contribution in [0.1, 0.15) is 11.1 Å². The topological polar surface area (TPSA) is 12.0 Å². The normalized spacial score (nSPS) is 16.9. The first-order chi connectivity index (χ1) is 4.88. The lowest BCUT2D eigenvalue weighted by molar-refractivity contribution is 0.646. The van der Waals surface area contributed by atoms with E-state index in [1.165, 1.54) is 21.3 Å². The van der Waals surface area contributed by atoms with E-state index >= 15 is 0 Å². The summed E-state index contributed by atoms with van der Waals surface area (Å²) in [4.78, 5) is 0. The standard InChI is InChI=1S/C7H8BrNS/c8-7-6-1-2-9-3-5(6)4-10-7/h4,9H,1-3H2. The molecule has 0 unspecified atom stereocenters. The van der Waals surface area contributed by atoms with Crippen molar-refractivity contribution >= 4 is 27.3 Å². The summed E-state index contributed by atoms with van der Waals surface area (Å²) in [6.45, 7) is 2.18. The minimum atomic E-state index is 1.05. The van der Waals surface area contributed by atoms with Crippen LogP contribution in [0.4, 0.5) is 0 Å². The molecule has 1 aromatic heterocycles. The van der Waals surface area contributed by atoms with Crippen molar-refractivity contribution in [3.05, 3.63) is 20.3 Å². The zero-order valence-corrected chi connectivity index (χ0v) is 7.89. The Kier molecular flexibility index (Phi) is 1.80. The fraction of sp³-hybridized carbons (Fsp3) is 0.429. The van der Waals surface area contributed by atoms with Gasteiger partial charge in [-0.05, 0) is 45.4 Å². The maximum absolute atomic E-state index is 3.54. The van der Waals surface area contributed by atoms with Gasteiger partial charge in [0.1, 0.15) is 0 Å². The first-order valence-electron chi connectivity index (χ1n) is 3.33. The minimum Gasteiger partial charge on any atom is -0.312 e. The molecule has 0 amide bonds. The smallest absolute Gasteiger partial charge is 0.0734 e. The van der Waals surface area contributed by atoms with Crippen LogP contribution in [0.5, 0.6) is 0 Å². The highest BCUT2D eigenvalue weighted by Crippen LogP contribution is 2.29. The molecule has 1 aromatic rings. The highest BCUT2D eigenvalue weighted by atomic mass is 79.9. The molecule has 1 aliphatic heterocycles. The molecule has 1 nitrogen and oxygen atoms in total. The Hall–Kier alpha value is 0.140. The van der Waals surface area contributed by atoms with Gasteiger partial charge in [0.2, 0.25) is 0 Å². The third-order valence-corrected chi connectivity index (χ3v) is 3.69. The van der Waals surface area contributed by atoms with Crippen molar-refractivity contribution < 1.29 is 0 Å². The predicted molar refractivity (Wildman–Crippen MR) is 47.4 cm³/mol. The third kappa shape index (κ3) is 1.02. The molecule has 0 saturated carbocycles. The molecule has 0 atom stereocenters.